The van der Waals surface area contributed by atoms with Crippen molar-refractivity contribution in [2.24, 2.45) is 0 Å². The van der Waals surface area contributed by atoms with Gasteiger partial charge in [0.05, 0.1) is 16.4 Å². The van der Waals surface area contributed by atoms with E-state index in [1.54, 1.807) is 12.1 Å². The molecule has 1 aromatic carbocycles. The molecule has 3 rings (SSSR count). The normalized spacial score (nSPS) is 22.6. The molecule has 0 radical (unpaired) electrons. The van der Waals surface area contributed by atoms with Gasteiger partial charge in [0, 0.05) is 24.7 Å². The molecule has 0 unspecified atom stereocenters. The molecule has 1 amide bonds. The minimum absolute atomic E-state index is 0.0314. The number of aryl methyl sites for hydroxylation is 1. The molecular formula is C16H22N2O5S2. The number of carbonyl (C=O) groups is 1. The summed E-state index contributed by atoms with van der Waals surface area (Å²) in [6.45, 7) is 2.16. The van der Waals surface area contributed by atoms with E-state index in [0.29, 0.717) is 31.4 Å². The van der Waals surface area contributed by atoms with Crippen molar-refractivity contribution in [1.29, 1.82) is 0 Å². The molecule has 2 heterocycles. The van der Waals surface area contributed by atoms with Gasteiger partial charge >= 0.3 is 0 Å². The predicted octanol–water partition coefficient (Wildman–Crippen LogP) is 1.16. The predicted molar refractivity (Wildman–Crippen MR) is 94.6 cm³/mol. The summed E-state index contributed by atoms with van der Waals surface area (Å²) in [5, 5.41) is 2.73. The molecule has 1 saturated heterocycles. The highest BCUT2D eigenvalue weighted by atomic mass is 32.2. The van der Waals surface area contributed by atoms with Crippen molar-refractivity contribution in [3.05, 3.63) is 23.8 Å². The Labute approximate surface area is 148 Å². The van der Waals surface area contributed by atoms with Gasteiger partial charge in [0.15, 0.2) is 9.84 Å². The van der Waals surface area contributed by atoms with Crippen LogP contribution in [0.4, 0.5) is 5.69 Å². The minimum Gasteiger partial charge on any atom is -0.326 e. The number of fused-ring (bicyclic) bond motifs is 1. The van der Waals surface area contributed by atoms with Crippen molar-refractivity contribution in [3.63, 3.8) is 0 Å². The third-order valence-electron chi connectivity index (χ3n) is 4.64. The second-order valence-corrected chi connectivity index (χ2v) is 10.7. The summed E-state index contributed by atoms with van der Waals surface area (Å²) in [5.74, 6) is -0.163. The maximum absolute atomic E-state index is 13.1. The van der Waals surface area contributed by atoms with E-state index < -0.39 is 25.9 Å². The number of hydrogen-bond acceptors (Lipinski definition) is 5. The van der Waals surface area contributed by atoms with E-state index in [4.69, 9.17) is 0 Å². The summed E-state index contributed by atoms with van der Waals surface area (Å²) in [5.41, 5.74) is 1.43. The summed E-state index contributed by atoms with van der Waals surface area (Å²) in [4.78, 5) is 11.6. The van der Waals surface area contributed by atoms with E-state index in [-0.39, 0.29) is 28.9 Å². The lowest BCUT2D eigenvalue weighted by atomic mass is 10.0. The third-order valence-corrected chi connectivity index (χ3v) is 8.34. The number of nitrogens with one attached hydrogen (secondary N) is 1. The lowest BCUT2D eigenvalue weighted by Gasteiger charge is -2.27. The Bertz CT molecular complexity index is 893. The van der Waals surface area contributed by atoms with E-state index >= 15 is 0 Å². The number of anilines is 1. The number of nitrogens with zero attached hydrogens (tertiary/aromatic N) is 1. The Morgan fingerprint density at radius 1 is 1.28 bits per heavy atom. The van der Waals surface area contributed by atoms with Crippen LogP contribution in [0.3, 0.4) is 0 Å². The number of carbonyl (C=O) groups excluding carboxylic acids is 1. The smallest absolute Gasteiger partial charge is 0.243 e. The molecule has 9 heteroatoms. The number of hydrogen-bond donors (Lipinski definition) is 1. The van der Waals surface area contributed by atoms with Crippen molar-refractivity contribution >= 4 is 31.5 Å². The lowest BCUT2D eigenvalue weighted by Crippen LogP contribution is -2.41. The van der Waals surface area contributed by atoms with Gasteiger partial charge in [-0.05, 0) is 43.0 Å². The van der Waals surface area contributed by atoms with Crippen LogP contribution >= 0.6 is 0 Å². The van der Waals surface area contributed by atoms with E-state index in [0.717, 1.165) is 5.56 Å². The molecule has 1 atom stereocenters. The first-order valence-corrected chi connectivity index (χ1v) is 11.6. The first-order chi connectivity index (χ1) is 11.7. The van der Waals surface area contributed by atoms with Crippen LogP contribution in [-0.4, -0.2) is 51.1 Å². The molecule has 1 aromatic rings. The van der Waals surface area contributed by atoms with Crippen LogP contribution in [-0.2, 0) is 31.1 Å². The average Bonchev–Trinajstić information content (AvgIpc) is 2.91. The number of benzene rings is 1. The van der Waals surface area contributed by atoms with Gasteiger partial charge in [0.2, 0.25) is 15.9 Å². The van der Waals surface area contributed by atoms with Crippen LogP contribution in [0.1, 0.15) is 31.7 Å². The molecule has 0 aliphatic carbocycles. The topological polar surface area (TPSA) is 101 Å². The number of sulfone groups is 1. The van der Waals surface area contributed by atoms with Gasteiger partial charge in [-0.15, -0.1) is 0 Å². The number of sulfonamides is 1. The van der Waals surface area contributed by atoms with Crippen LogP contribution in [0.25, 0.3) is 0 Å². The molecule has 0 saturated carbocycles. The first-order valence-electron chi connectivity index (χ1n) is 8.38. The monoisotopic (exact) mass is 386 g/mol. The van der Waals surface area contributed by atoms with Gasteiger partial charge in [0.25, 0.3) is 0 Å². The molecule has 0 aromatic heterocycles. The van der Waals surface area contributed by atoms with E-state index in [1.807, 2.05) is 6.92 Å². The van der Waals surface area contributed by atoms with Crippen LogP contribution in [0.2, 0.25) is 0 Å². The lowest BCUT2D eigenvalue weighted by molar-refractivity contribution is -0.116. The number of rotatable bonds is 5. The fourth-order valence-corrected chi connectivity index (χ4v) is 7.00. The van der Waals surface area contributed by atoms with Crippen LogP contribution < -0.4 is 5.32 Å². The molecule has 1 fully saturated rings. The van der Waals surface area contributed by atoms with Crippen molar-refractivity contribution in [2.45, 2.75) is 43.5 Å². The van der Waals surface area contributed by atoms with E-state index in [2.05, 4.69) is 5.32 Å². The molecule has 1 N–H and O–H groups in total. The van der Waals surface area contributed by atoms with Crippen LogP contribution in [0.5, 0.6) is 0 Å². The Morgan fingerprint density at radius 2 is 2.04 bits per heavy atom. The Kier molecular flexibility index (Phi) is 4.91. The Balaban J connectivity index is 1.94. The van der Waals surface area contributed by atoms with Crippen molar-refractivity contribution in [2.75, 3.05) is 23.4 Å². The summed E-state index contributed by atoms with van der Waals surface area (Å²) in [6.07, 6.45) is 1.77. The quantitative estimate of drug-likeness (QED) is 0.818. The SMILES string of the molecule is CCCN([C@H]1CCS(=O)(=O)C1)S(=O)(=O)c1ccc2c(c1)CCC(=O)N2. The second kappa shape index (κ2) is 6.69. The Morgan fingerprint density at radius 3 is 2.68 bits per heavy atom. The zero-order valence-electron chi connectivity index (χ0n) is 14.1. The zero-order valence-corrected chi connectivity index (χ0v) is 15.7. The second-order valence-electron chi connectivity index (χ2n) is 6.54. The molecule has 0 spiro atoms. The zero-order chi connectivity index (χ0) is 18.2. The van der Waals surface area contributed by atoms with Gasteiger partial charge in [-0.3, -0.25) is 4.79 Å². The first kappa shape index (κ1) is 18.3. The molecule has 25 heavy (non-hydrogen) atoms. The van der Waals surface area contributed by atoms with Gasteiger partial charge < -0.3 is 5.32 Å². The average molecular weight is 386 g/mol. The standard InChI is InChI=1S/C16H22N2O5S2/c1-2-8-18(13-7-9-24(20,21)11-13)25(22,23)14-4-5-15-12(10-14)3-6-16(19)17-15/h4-5,10,13H,2-3,6-9,11H2,1H3,(H,17,19)/t13-/m0/s1. The van der Waals surface area contributed by atoms with Gasteiger partial charge in [-0.25, -0.2) is 16.8 Å². The van der Waals surface area contributed by atoms with E-state index in [9.17, 15) is 21.6 Å². The summed E-state index contributed by atoms with van der Waals surface area (Å²) in [6, 6.07) is 4.17. The van der Waals surface area contributed by atoms with Crippen LogP contribution in [0.15, 0.2) is 23.1 Å². The highest BCUT2D eigenvalue weighted by Crippen LogP contribution is 2.29. The van der Waals surface area contributed by atoms with Crippen LogP contribution in [0, 0.1) is 0 Å². The van der Waals surface area contributed by atoms with Gasteiger partial charge in [-0.2, -0.15) is 4.31 Å². The van der Waals surface area contributed by atoms with Gasteiger partial charge in [0.1, 0.15) is 0 Å². The maximum Gasteiger partial charge on any atom is 0.243 e. The molecular weight excluding hydrogens is 364 g/mol. The summed E-state index contributed by atoms with van der Waals surface area (Å²) in [7, 11) is -6.96. The van der Waals surface area contributed by atoms with Crippen molar-refractivity contribution < 1.29 is 21.6 Å². The van der Waals surface area contributed by atoms with E-state index in [1.165, 1.54) is 10.4 Å². The largest absolute Gasteiger partial charge is 0.326 e. The van der Waals surface area contributed by atoms with Crippen molar-refractivity contribution in [3.8, 4) is 0 Å². The fourth-order valence-electron chi connectivity index (χ4n) is 3.38. The summed E-state index contributed by atoms with van der Waals surface area (Å²) < 4.78 is 51.1. The Hall–Kier alpha value is -1.45. The van der Waals surface area contributed by atoms with Gasteiger partial charge in [-0.1, -0.05) is 6.92 Å². The minimum atomic E-state index is -3.79. The number of amides is 1. The molecule has 7 nitrogen and oxygen atoms in total. The molecule has 2 aliphatic heterocycles. The highest BCUT2D eigenvalue weighted by Gasteiger charge is 2.38. The third kappa shape index (κ3) is 3.73. The molecule has 0 bridgehead atoms. The molecule has 2 aliphatic rings. The van der Waals surface area contributed by atoms with Crippen molar-refractivity contribution in [1.82, 2.24) is 4.31 Å². The summed E-state index contributed by atoms with van der Waals surface area (Å²) >= 11 is 0. The maximum atomic E-state index is 13.1. The fraction of sp³-hybridized carbons (Fsp3) is 0.562. The molecule has 138 valence electrons. The highest BCUT2D eigenvalue weighted by molar-refractivity contribution is 7.92.